The largest absolute Gasteiger partial charge is 0.364 e. The predicted octanol–water partition coefficient (Wildman–Crippen LogP) is 1.62. The number of hydrogen-bond acceptors (Lipinski definition) is 4. The average molecular weight is 248 g/mol. The number of amidine groups is 1. The zero-order chi connectivity index (χ0) is 11.1. The number of hydrogen-bond donors (Lipinski definition) is 1. The van der Waals surface area contributed by atoms with Crippen molar-refractivity contribution < 1.29 is 4.21 Å². The normalized spacial score (nSPS) is 22.5. The Hall–Kier alpha value is -0.0300. The summed E-state index contributed by atoms with van der Waals surface area (Å²) in [4.78, 5) is 4.43. The molecule has 88 valence electrons. The molecule has 0 bridgehead atoms. The molecule has 1 heterocycles. The van der Waals surface area contributed by atoms with Crippen LogP contribution in [-0.2, 0) is 10.8 Å². The molecule has 0 amide bonds. The zero-order valence-corrected chi connectivity index (χ0v) is 11.1. The van der Waals surface area contributed by atoms with Crippen LogP contribution in [0.1, 0.15) is 26.7 Å². The van der Waals surface area contributed by atoms with E-state index in [9.17, 15) is 4.21 Å². The van der Waals surface area contributed by atoms with Crippen molar-refractivity contribution in [3.8, 4) is 0 Å². The van der Waals surface area contributed by atoms with Gasteiger partial charge in [-0.15, -0.1) is 0 Å². The Morgan fingerprint density at radius 1 is 1.60 bits per heavy atom. The molecule has 0 aromatic rings. The van der Waals surface area contributed by atoms with Gasteiger partial charge in [0, 0.05) is 34.1 Å². The van der Waals surface area contributed by atoms with Crippen LogP contribution in [0, 0.1) is 0 Å². The molecule has 1 N–H and O–H groups in total. The second kappa shape index (κ2) is 7.28. The molecule has 2 unspecified atom stereocenters. The third-order valence-corrected chi connectivity index (χ3v) is 4.77. The summed E-state index contributed by atoms with van der Waals surface area (Å²) in [6.45, 7) is 5.88. The maximum absolute atomic E-state index is 11.2. The SMILES string of the molecule is CCCC1CN=C(NCCS(=O)CC)S1. The van der Waals surface area contributed by atoms with E-state index >= 15 is 0 Å². The Balaban J connectivity index is 2.11. The number of thioether (sulfide) groups is 1. The van der Waals surface area contributed by atoms with Gasteiger partial charge in [-0.2, -0.15) is 0 Å². The molecule has 3 nitrogen and oxygen atoms in total. The summed E-state index contributed by atoms with van der Waals surface area (Å²) in [6, 6.07) is 0. The van der Waals surface area contributed by atoms with Crippen molar-refractivity contribution in [1.82, 2.24) is 5.32 Å². The van der Waals surface area contributed by atoms with E-state index in [1.54, 1.807) is 0 Å². The highest BCUT2D eigenvalue weighted by atomic mass is 32.2. The van der Waals surface area contributed by atoms with E-state index in [1.165, 1.54) is 12.8 Å². The molecular formula is C10H20N2OS2. The topological polar surface area (TPSA) is 41.5 Å². The van der Waals surface area contributed by atoms with Crippen molar-refractivity contribution in [1.29, 1.82) is 0 Å². The molecule has 0 radical (unpaired) electrons. The molecule has 0 aromatic carbocycles. The first kappa shape index (κ1) is 13.0. The van der Waals surface area contributed by atoms with Crippen LogP contribution in [0.5, 0.6) is 0 Å². The average Bonchev–Trinajstić information content (AvgIpc) is 2.66. The smallest absolute Gasteiger partial charge is 0.156 e. The van der Waals surface area contributed by atoms with Crippen LogP contribution in [0.2, 0.25) is 0 Å². The van der Waals surface area contributed by atoms with Crippen molar-refractivity contribution in [3.63, 3.8) is 0 Å². The second-order valence-electron chi connectivity index (χ2n) is 3.53. The zero-order valence-electron chi connectivity index (χ0n) is 9.49. The molecule has 1 aliphatic rings. The number of rotatable bonds is 6. The molecule has 2 atom stereocenters. The lowest BCUT2D eigenvalue weighted by molar-refractivity contribution is 0.682. The summed E-state index contributed by atoms with van der Waals surface area (Å²) < 4.78 is 11.2. The summed E-state index contributed by atoms with van der Waals surface area (Å²) in [5.74, 6) is 1.48. The third-order valence-electron chi connectivity index (χ3n) is 2.26. The Morgan fingerprint density at radius 2 is 2.40 bits per heavy atom. The van der Waals surface area contributed by atoms with Gasteiger partial charge in [-0.05, 0) is 6.42 Å². The molecule has 0 spiro atoms. The van der Waals surface area contributed by atoms with Gasteiger partial charge in [0.2, 0.25) is 0 Å². The lowest BCUT2D eigenvalue weighted by Crippen LogP contribution is -2.25. The highest BCUT2D eigenvalue weighted by Crippen LogP contribution is 2.23. The van der Waals surface area contributed by atoms with Crippen molar-refractivity contribution in [3.05, 3.63) is 0 Å². The van der Waals surface area contributed by atoms with Crippen LogP contribution in [0.3, 0.4) is 0 Å². The first-order valence-corrected chi connectivity index (χ1v) is 7.93. The van der Waals surface area contributed by atoms with Gasteiger partial charge in [0.25, 0.3) is 0 Å². The molecule has 1 rings (SSSR count). The van der Waals surface area contributed by atoms with Gasteiger partial charge in [0.1, 0.15) is 0 Å². The van der Waals surface area contributed by atoms with E-state index in [1.807, 2.05) is 18.7 Å². The van der Waals surface area contributed by atoms with E-state index in [2.05, 4.69) is 17.2 Å². The minimum Gasteiger partial charge on any atom is -0.364 e. The van der Waals surface area contributed by atoms with E-state index in [4.69, 9.17) is 0 Å². The number of aliphatic imine (C=N–C) groups is 1. The maximum atomic E-state index is 11.2. The first-order chi connectivity index (χ1) is 7.26. The van der Waals surface area contributed by atoms with E-state index in [-0.39, 0.29) is 0 Å². The van der Waals surface area contributed by atoms with Gasteiger partial charge in [0.05, 0.1) is 6.54 Å². The van der Waals surface area contributed by atoms with Crippen LogP contribution in [0.4, 0.5) is 0 Å². The van der Waals surface area contributed by atoms with E-state index in [0.29, 0.717) is 5.25 Å². The fraction of sp³-hybridized carbons (Fsp3) is 0.900. The van der Waals surface area contributed by atoms with Crippen molar-refractivity contribution >= 4 is 27.7 Å². The fourth-order valence-corrected chi connectivity index (χ4v) is 3.17. The van der Waals surface area contributed by atoms with Crippen molar-refractivity contribution in [2.75, 3.05) is 24.6 Å². The Morgan fingerprint density at radius 3 is 3.07 bits per heavy atom. The van der Waals surface area contributed by atoms with Crippen LogP contribution in [-0.4, -0.2) is 39.2 Å². The molecule has 0 saturated carbocycles. The van der Waals surface area contributed by atoms with E-state index in [0.717, 1.165) is 29.8 Å². The van der Waals surface area contributed by atoms with Gasteiger partial charge in [-0.25, -0.2) is 0 Å². The molecule has 0 aliphatic carbocycles. The van der Waals surface area contributed by atoms with Gasteiger partial charge in [-0.3, -0.25) is 9.20 Å². The molecule has 0 saturated heterocycles. The van der Waals surface area contributed by atoms with Crippen LogP contribution >= 0.6 is 11.8 Å². The third kappa shape index (κ3) is 5.02. The number of nitrogens with one attached hydrogen (secondary N) is 1. The Bertz CT molecular complexity index is 244. The summed E-state index contributed by atoms with van der Waals surface area (Å²) in [6.07, 6.45) is 2.46. The minimum atomic E-state index is -0.666. The lowest BCUT2D eigenvalue weighted by Gasteiger charge is -2.07. The highest BCUT2D eigenvalue weighted by molar-refractivity contribution is 8.14. The molecule has 5 heteroatoms. The molecular weight excluding hydrogens is 228 g/mol. The predicted molar refractivity (Wildman–Crippen MR) is 70.1 cm³/mol. The van der Waals surface area contributed by atoms with Gasteiger partial charge < -0.3 is 5.32 Å². The second-order valence-corrected chi connectivity index (χ2v) is 6.69. The van der Waals surface area contributed by atoms with Crippen molar-refractivity contribution in [2.45, 2.75) is 31.9 Å². The monoisotopic (exact) mass is 248 g/mol. The summed E-state index contributed by atoms with van der Waals surface area (Å²) >= 11 is 1.83. The lowest BCUT2D eigenvalue weighted by atomic mass is 10.2. The quantitative estimate of drug-likeness (QED) is 0.776. The molecule has 1 aliphatic heterocycles. The first-order valence-electron chi connectivity index (χ1n) is 5.56. The summed E-state index contributed by atoms with van der Waals surface area (Å²) in [5.41, 5.74) is 0. The fourth-order valence-electron chi connectivity index (χ4n) is 1.40. The van der Waals surface area contributed by atoms with Gasteiger partial charge >= 0.3 is 0 Å². The standard InChI is InChI=1S/C10H20N2OS2/c1-3-5-9-8-12-10(14-9)11-6-7-15(13)4-2/h9H,3-8H2,1-2H3,(H,11,12). The highest BCUT2D eigenvalue weighted by Gasteiger charge is 2.17. The molecule has 0 aromatic heterocycles. The summed E-state index contributed by atoms with van der Waals surface area (Å²) in [5, 5.41) is 4.96. The maximum Gasteiger partial charge on any atom is 0.156 e. The van der Waals surface area contributed by atoms with Crippen LogP contribution in [0.25, 0.3) is 0 Å². The van der Waals surface area contributed by atoms with Crippen LogP contribution < -0.4 is 5.32 Å². The molecule has 0 fully saturated rings. The Kier molecular flexibility index (Phi) is 6.32. The summed E-state index contributed by atoms with van der Waals surface area (Å²) in [7, 11) is -0.666. The number of nitrogens with zero attached hydrogens (tertiary/aromatic N) is 1. The van der Waals surface area contributed by atoms with Gasteiger partial charge in [-0.1, -0.05) is 32.0 Å². The Labute approximate surface area is 99.0 Å². The van der Waals surface area contributed by atoms with E-state index < -0.39 is 10.8 Å². The minimum absolute atomic E-state index is 0.661. The molecule has 15 heavy (non-hydrogen) atoms. The van der Waals surface area contributed by atoms with Gasteiger partial charge in [0.15, 0.2) is 5.17 Å². The van der Waals surface area contributed by atoms with Crippen molar-refractivity contribution in [2.24, 2.45) is 4.99 Å². The van der Waals surface area contributed by atoms with Crippen LogP contribution in [0.15, 0.2) is 4.99 Å².